The van der Waals surface area contributed by atoms with E-state index >= 15 is 0 Å². The fourth-order valence-electron chi connectivity index (χ4n) is 1.37. The van der Waals surface area contributed by atoms with Gasteiger partial charge in [-0.25, -0.2) is 0 Å². The van der Waals surface area contributed by atoms with E-state index in [-0.39, 0.29) is 0 Å². The molecule has 0 aliphatic carbocycles. The van der Waals surface area contributed by atoms with Crippen molar-refractivity contribution >= 4 is 76.7 Å². The second kappa shape index (κ2) is 6.18. The molecule has 1 N–H and O–H groups in total. The molecule has 0 bridgehead atoms. The highest BCUT2D eigenvalue weighted by molar-refractivity contribution is 9.13. The molecule has 0 saturated heterocycles. The maximum absolute atomic E-state index is 6.11. The van der Waals surface area contributed by atoms with E-state index in [2.05, 4.69) is 53.1 Å². The van der Waals surface area contributed by atoms with Crippen molar-refractivity contribution in [3.8, 4) is 0 Å². The van der Waals surface area contributed by atoms with E-state index in [1.54, 1.807) is 12.1 Å². The molecule has 18 heavy (non-hydrogen) atoms. The Morgan fingerprint density at radius 3 is 2.17 bits per heavy atom. The van der Waals surface area contributed by atoms with Crippen LogP contribution < -0.4 is 5.32 Å². The summed E-state index contributed by atoms with van der Waals surface area (Å²) in [5, 5.41) is 4.25. The average Bonchev–Trinajstić information content (AvgIpc) is 2.56. The second-order valence-corrected chi connectivity index (χ2v) is 6.74. The zero-order valence-corrected chi connectivity index (χ0v) is 15.0. The number of furan rings is 1. The first kappa shape index (κ1) is 14.7. The van der Waals surface area contributed by atoms with Gasteiger partial charge >= 0.3 is 0 Å². The molecule has 0 amide bonds. The van der Waals surface area contributed by atoms with Gasteiger partial charge in [0.2, 0.25) is 0 Å². The zero-order valence-electron chi connectivity index (χ0n) is 8.74. The lowest BCUT2D eigenvalue weighted by Gasteiger charge is -2.09. The summed E-state index contributed by atoms with van der Waals surface area (Å²) in [5.74, 6) is 0.767. The lowest BCUT2D eigenvalue weighted by atomic mass is 10.3. The van der Waals surface area contributed by atoms with Gasteiger partial charge in [0.25, 0.3) is 0 Å². The number of benzene rings is 1. The molecule has 7 heteroatoms. The van der Waals surface area contributed by atoms with Gasteiger partial charge in [0.05, 0.1) is 26.8 Å². The normalized spacial score (nSPS) is 10.7. The molecule has 0 atom stereocenters. The summed E-state index contributed by atoms with van der Waals surface area (Å²) in [4.78, 5) is 0. The molecular formula is C11H6Br3Cl2NO. The van der Waals surface area contributed by atoms with E-state index in [9.17, 15) is 0 Å². The lowest BCUT2D eigenvalue weighted by Crippen LogP contribution is -1.99. The van der Waals surface area contributed by atoms with Gasteiger partial charge in [-0.15, -0.1) is 0 Å². The van der Waals surface area contributed by atoms with Crippen LogP contribution in [0.25, 0.3) is 0 Å². The van der Waals surface area contributed by atoms with Crippen molar-refractivity contribution in [2.45, 2.75) is 6.54 Å². The standard InChI is InChI=1S/C11H6Br3Cl2NO/c12-5-1-8(15)10(9(16)2-5)17-4-6-3-7(13)11(14)18-6/h1-3,17H,4H2. The van der Waals surface area contributed by atoms with E-state index in [1.807, 2.05) is 6.07 Å². The SMILES string of the molecule is Clc1cc(Br)cc(Cl)c1NCc1cc(Br)c(Br)o1. The minimum Gasteiger partial charge on any atom is -0.451 e. The van der Waals surface area contributed by atoms with Crippen molar-refractivity contribution in [2.24, 2.45) is 0 Å². The van der Waals surface area contributed by atoms with Crippen LogP contribution in [0.2, 0.25) is 10.0 Å². The van der Waals surface area contributed by atoms with Gasteiger partial charge in [-0.3, -0.25) is 0 Å². The molecule has 0 spiro atoms. The monoisotopic (exact) mass is 475 g/mol. The molecule has 0 radical (unpaired) electrons. The van der Waals surface area contributed by atoms with Crippen molar-refractivity contribution in [1.29, 1.82) is 0 Å². The molecule has 0 unspecified atom stereocenters. The molecule has 0 aliphatic rings. The van der Waals surface area contributed by atoms with E-state index in [4.69, 9.17) is 27.6 Å². The Hall–Kier alpha value is 0.320. The summed E-state index contributed by atoms with van der Waals surface area (Å²) in [6.45, 7) is 0.491. The molecule has 1 heterocycles. The third kappa shape index (κ3) is 3.45. The minimum atomic E-state index is 0.491. The summed E-state index contributed by atoms with van der Waals surface area (Å²) < 4.78 is 7.82. The summed E-state index contributed by atoms with van der Waals surface area (Å²) in [7, 11) is 0. The Morgan fingerprint density at radius 2 is 1.67 bits per heavy atom. The Labute approximate surface area is 139 Å². The van der Waals surface area contributed by atoms with Crippen molar-refractivity contribution < 1.29 is 4.42 Å². The summed E-state index contributed by atoms with van der Waals surface area (Å²) in [6, 6.07) is 5.44. The first-order chi connectivity index (χ1) is 8.47. The van der Waals surface area contributed by atoms with Crippen LogP contribution in [-0.4, -0.2) is 0 Å². The van der Waals surface area contributed by atoms with E-state index < -0.39 is 0 Å². The van der Waals surface area contributed by atoms with Crippen molar-refractivity contribution in [1.82, 2.24) is 0 Å². The number of hydrogen-bond acceptors (Lipinski definition) is 2. The number of hydrogen-bond donors (Lipinski definition) is 1. The Morgan fingerprint density at radius 1 is 1.06 bits per heavy atom. The Kier molecular flexibility index (Phi) is 5.06. The smallest absolute Gasteiger partial charge is 0.183 e. The highest BCUT2D eigenvalue weighted by Crippen LogP contribution is 2.34. The summed E-state index contributed by atoms with van der Waals surface area (Å²) in [5.41, 5.74) is 0.685. The molecule has 1 aromatic carbocycles. The molecule has 1 aromatic heterocycles. The number of halogens is 5. The van der Waals surface area contributed by atoms with Gasteiger partial charge < -0.3 is 9.73 Å². The van der Waals surface area contributed by atoms with Gasteiger partial charge in [-0.1, -0.05) is 39.1 Å². The van der Waals surface area contributed by atoms with Gasteiger partial charge in [0, 0.05) is 4.47 Å². The highest BCUT2D eigenvalue weighted by Gasteiger charge is 2.10. The van der Waals surface area contributed by atoms with E-state index in [0.29, 0.717) is 26.9 Å². The third-order valence-corrected chi connectivity index (χ3v) is 4.91. The average molecular weight is 479 g/mol. The van der Waals surface area contributed by atoms with Gasteiger partial charge in [-0.2, -0.15) is 0 Å². The zero-order chi connectivity index (χ0) is 13.3. The Balaban J connectivity index is 2.15. The molecule has 0 aliphatic heterocycles. The molecule has 2 rings (SSSR count). The highest BCUT2D eigenvalue weighted by atomic mass is 79.9. The van der Waals surface area contributed by atoms with Crippen LogP contribution in [0.15, 0.2) is 36.2 Å². The molecule has 0 fully saturated rings. The number of nitrogens with one attached hydrogen (secondary N) is 1. The van der Waals surface area contributed by atoms with Crippen molar-refractivity contribution in [2.75, 3.05) is 5.32 Å². The Bertz CT molecular complexity index is 543. The molecule has 2 aromatic rings. The summed E-state index contributed by atoms with van der Waals surface area (Å²) in [6.07, 6.45) is 0. The van der Waals surface area contributed by atoms with Gasteiger partial charge in [0.15, 0.2) is 4.67 Å². The predicted molar refractivity (Wildman–Crippen MR) is 85.6 cm³/mol. The molecule has 96 valence electrons. The van der Waals surface area contributed by atoms with Gasteiger partial charge in [-0.05, 0) is 50.1 Å². The van der Waals surface area contributed by atoms with Crippen LogP contribution in [0.1, 0.15) is 5.76 Å². The van der Waals surface area contributed by atoms with E-state index in [0.717, 1.165) is 14.7 Å². The first-order valence-corrected chi connectivity index (χ1v) is 7.93. The van der Waals surface area contributed by atoms with Crippen LogP contribution in [0, 0.1) is 0 Å². The third-order valence-electron chi connectivity index (χ3n) is 2.14. The maximum Gasteiger partial charge on any atom is 0.183 e. The predicted octanol–water partition coefficient (Wildman–Crippen LogP) is 6.49. The molecule has 0 saturated carbocycles. The van der Waals surface area contributed by atoms with Crippen LogP contribution in [0.4, 0.5) is 5.69 Å². The topological polar surface area (TPSA) is 25.2 Å². The fraction of sp³-hybridized carbons (Fsp3) is 0.0909. The molecular weight excluding hydrogens is 473 g/mol. The van der Waals surface area contributed by atoms with E-state index in [1.165, 1.54) is 0 Å². The quantitative estimate of drug-likeness (QED) is 0.546. The number of anilines is 1. The maximum atomic E-state index is 6.11. The fourth-order valence-corrected chi connectivity index (χ4v) is 3.37. The summed E-state index contributed by atoms with van der Waals surface area (Å²) >= 11 is 22.2. The van der Waals surface area contributed by atoms with Gasteiger partial charge in [0.1, 0.15) is 5.76 Å². The minimum absolute atomic E-state index is 0.491. The van der Waals surface area contributed by atoms with Crippen LogP contribution >= 0.6 is 71.0 Å². The van der Waals surface area contributed by atoms with Crippen molar-refractivity contribution in [3.05, 3.63) is 47.6 Å². The van der Waals surface area contributed by atoms with Crippen LogP contribution in [-0.2, 0) is 6.54 Å². The first-order valence-electron chi connectivity index (χ1n) is 4.79. The van der Waals surface area contributed by atoms with Crippen LogP contribution in [0.5, 0.6) is 0 Å². The number of rotatable bonds is 3. The van der Waals surface area contributed by atoms with Crippen LogP contribution in [0.3, 0.4) is 0 Å². The van der Waals surface area contributed by atoms with Crippen molar-refractivity contribution in [3.63, 3.8) is 0 Å². The molecule has 2 nitrogen and oxygen atoms in total. The lowest BCUT2D eigenvalue weighted by molar-refractivity contribution is 0.494. The largest absolute Gasteiger partial charge is 0.451 e. The second-order valence-electron chi connectivity index (χ2n) is 3.43.